The van der Waals surface area contributed by atoms with Crippen LogP contribution in [0.25, 0.3) is 0 Å². The molecule has 0 aliphatic heterocycles. The fraction of sp³-hybridized carbons (Fsp3) is 0.467. The van der Waals surface area contributed by atoms with Gasteiger partial charge in [0.2, 0.25) is 0 Å². The summed E-state index contributed by atoms with van der Waals surface area (Å²) in [5, 5.41) is 15.0. The topological polar surface area (TPSA) is 78.4 Å². The number of aryl methyl sites for hydroxylation is 1. The maximum atomic E-state index is 13.0. The van der Waals surface area contributed by atoms with Gasteiger partial charge in [-0.25, -0.2) is 4.39 Å². The van der Waals surface area contributed by atoms with Crippen molar-refractivity contribution in [2.45, 2.75) is 38.2 Å². The van der Waals surface area contributed by atoms with E-state index < -0.39 is 23.2 Å². The van der Waals surface area contributed by atoms with Crippen LogP contribution in [0.1, 0.15) is 31.2 Å². The highest BCUT2D eigenvalue weighted by atomic mass is 19.1. The summed E-state index contributed by atoms with van der Waals surface area (Å²) < 4.78 is 13.0. The number of hydrogen-bond acceptors (Lipinski definition) is 3. The molecule has 0 saturated heterocycles. The number of rotatable bonds is 3. The molecular weight excluding hydrogens is 275 g/mol. The highest BCUT2D eigenvalue weighted by molar-refractivity contribution is 6.39. The van der Waals surface area contributed by atoms with Gasteiger partial charge >= 0.3 is 11.8 Å². The molecule has 6 heteroatoms. The van der Waals surface area contributed by atoms with Gasteiger partial charge in [0.05, 0.1) is 5.60 Å². The van der Waals surface area contributed by atoms with Gasteiger partial charge in [-0.3, -0.25) is 9.59 Å². The Kier molecular flexibility index (Phi) is 4.57. The number of anilines is 1. The van der Waals surface area contributed by atoms with Crippen molar-refractivity contribution < 1.29 is 19.1 Å². The van der Waals surface area contributed by atoms with Crippen molar-refractivity contribution in [2.24, 2.45) is 0 Å². The molecule has 2 rings (SSSR count). The second kappa shape index (κ2) is 6.22. The number of halogens is 1. The van der Waals surface area contributed by atoms with Gasteiger partial charge in [-0.15, -0.1) is 0 Å². The lowest BCUT2D eigenvalue weighted by Gasteiger charge is -2.22. The molecule has 114 valence electrons. The monoisotopic (exact) mass is 294 g/mol. The van der Waals surface area contributed by atoms with Gasteiger partial charge in [-0.2, -0.15) is 0 Å². The molecule has 5 nitrogen and oxygen atoms in total. The molecule has 1 aromatic carbocycles. The number of aliphatic hydroxyl groups is 1. The smallest absolute Gasteiger partial charge is 0.313 e. The number of amides is 2. The lowest BCUT2D eigenvalue weighted by Crippen LogP contribution is -2.44. The first-order valence-corrected chi connectivity index (χ1v) is 6.97. The zero-order valence-electron chi connectivity index (χ0n) is 11.9. The first-order chi connectivity index (χ1) is 9.89. The van der Waals surface area contributed by atoms with E-state index in [0.29, 0.717) is 24.1 Å². The van der Waals surface area contributed by atoms with E-state index in [0.717, 1.165) is 12.8 Å². The first kappa shape index (κ1) is 15.4. The quantitative estimate of drug-likeness (QED) is 0.739. The second-order valence-electron chi connectivity index (χ2n) is 5.53. The predicted molar refractivity (Wildman–Crippen MR) is 76.2 cm³/mol. The molecule has 0 bridgehead atoms. The van der Waals surface area contributed by atoms with Gasteiger partial charge in [0.15, 0.2) is 0 Å². The van der Waals surface area contributed by atoms with Crippen LogP contribution in [-0.4, -0.2) is 29.1 Å². The van der Waals surface area contributed by atoms with Crippen LogP contribution in [0.15, 0.2) is 18.2 Å². The number of carbonyl (C=O) groups excluding carboxylic acids is 2. The van der Waals surface area contributed by atoms with Gasteiger partial charge in [-0.1, -0.05) is 12.8 Å². The van der Waals surface area contributed by atoms with Crippen LogP contribution in [0.5, 0.6) is 0 Å². The van der Waals surface area contributed by atoms with Crippen molar-refractivity contribution in [3.63, 3.8) is 0 Å². The van der Waals surface area contributed by atoms with E-state index in [4.69, 9.17) is 0 Å². The van der Waals surface area contributed by atoms with Gasteiger partial charge in [-0.05, 0) is 43.5 Å². The van der Waals surface area contributed by atoms with E-state index in [2.05, 4.69) is 10.6 Å². The van der Waals surface area contributed by atoms with Crippen molar-refractivity contribution in [2.75, 3.05) is 11.9 Å². The molecule has 2 amide bonds. The Morgan fingerprint density at radius 2 is 1.95 bits per heavy atom. The van der Waals surface area contributed by atoms with Gasteiger partial charge in [0.25, 0.3) is 0 Å². The molecule has 1 aliphatic carbocycles. The lowest BCUT2D eigenvalue weighted by atomic mass is 10.0. The minimum atomic E-state index is -0.901. The van der Waals surface area contributed by atoms with Gasteiger partial charge < -0.3 is 15.7 Å². The van der Waals surface area contributed by atoms with Crippen LogP contribution in [-0.2, 0) is 9.59 Å². The number of nitrogens with one attached hydrogen (secondary N) is 2. The molecule has 1 aliphatic rings. The zero-order valence-corrected chi connectivity index (χ0v) is 11.9. The maximum Gasteiger partial charge on any atom is 0.313 e. The average Bonchev–Trinajstić information content (AvgIpc) is 2.86. The van der Waals surface area contributed by atoms with Crippen LogP contribution in [0.2, 0.25) is 0 Å². The van der Waals surface area contributed by atoms with Crippen molar-refractivity contribution in [1.29, 1.82) is 0 Å². The fourth-order valence-corrected chi connectivity index (χ4v) is 2.48. The third kappa shape index (κ3) is 4.01. The minimum Gasteiger partial charge on any atom is -0.388 e. The molecule has 1 aromatic rings. The Labute approximate surface area is 122 Å². The van der Waals surface area contributed by atoms with Crippen molar-refractivity contribution in [3.8, 4) is 0 Å². The predicted octanol–water partition coefficient (Wildman–Crippen LogP) is 1.49. The fourth-order valence-electron chi connectivity index (χ4n) is 2.48. The summed E-state index contributed by atoms with van der Waals surface area (Å²) in [5.41, 5.74) is 0.0172. The Bertz CT molecular complexity index is 554. The summed E-state index contributed by atoms with van der Waals surface area (Å²) in [6.07, 6.45) is 3.11. The van der Waals surface area contributed by atoms with Crippen LogP contribution in [0.4, 0.5) is 10.1 Å². The summed E-state index contributed by atoms with van der Waals surface area (Å²) in [4.78, 5) is 23.5. The Balaban J connectivity index is 1.89. The molecule has 0 heterocycles. The zero-order chi connectivity index (χ0) is 15.5. The molecule has 21 heavy (non-hydrogen) atoms. The van der Waals surface area contributed by atoms with Crippen LogP contribution in [0, 0.1) is 12.7 Å². The van der Waals surface area contributed by atoms with Crippen molar-refractivity contribution in [3.05, 3.63) is 29.6 Å². The van der Waals surface area contributed by atoms with Crippen LogP contribution >= 0.6 is 0 Å². The summed E-state index contributed by atoms with van der Waals surface area (Å²) in [5.74, 6) is -2.04. The molecule has 0 spiro atoms. The van der Waals surface area contributed by atoms with Gasteiger partial charge in [0, 0.05) is 12.2 Å². The number of hydrogen-bond donors (Lipinski definition) is 3. The number of benzene rings is 1. The normalized spacial score (nSPS) is 16.5. The van der Waals surface area contributed by atoms with E-state index in [9.17, 15) is 19.1 Å². The molecule has 1 fully saturated rings. The van der Waals surface area contributed by atoms with Crippen LogP contribution < -0.4 is 10.6 Å². The van der Waals surface area contributed by atoms with Crippen molar-refractivity contribution in [1.82, 2.24) is 5.32 Å². The highest BCUT2D eigenvalue weighted by Gasteiger charge is 2.32. The highest BCUT2D eigenvalue weighted by Crippen LogP contribution is 2.28. The molecule has 0 aromatic heterocycles. The van der Waals surface area contributed by atoms with E-state index in [-0.39, 0.29) is 6.54 Å². The lowest BCUT2D eigenvalue weighted by molar-refractivity contribution is -0.136. The Morgan fingerprint density at radius 1 is 1.29 bits per heavy atom. The average molecular weight is 294 g/mol. The van der Waals surface area contributed by atoms with E-state index in [1.165, 1.54) is 18.2 Å². The molecule has 0 atom stereocenters. The minimum absolute atomic E-state index is 0.0711. The summed E-state index contributed by atoms with van der Waals surface area (Å²) >= 11 is 0. The molecule has 0 radical (unpaired) electrons. The second-order valence-corrected chi connectivity index (χ2v) is 5.53. The molecule has 1 saturated carbocycles. The maximum absolute atomic E-state index is 13.0. The van der Waals surface area contributed by atoms with E-state index in [1.807, 2.05) is 0 Å². The van der Waals surface area contributed by atoms with E-state index in [1.54, 1.807) is 6.92 Å². The first-order valence-electron chi connectivity index (χ1n) is 6.97. The standard InChI is InChI=1S/C15H19FN2O3/c1-10-8-11(16)4-5-12(10)18-14(20)13(19)17-9-15(21)6-2-3-7-15/h4-5,8,21H,2-3,6-7,9H2,1H3,(H,17,19)(H,18,20). The summed E-state index contributed by atoms with van der Waals surface area (Å²) in [7, 11) is 0. The third-order valence-electron chi connectivity index (χ3n) is 3.76. The number of carbonyl (C=O) groups is 2. The van der Waals surface area contributed by atoms with Crippen molar-refractivity contribution >= 4 is 17.5 Å². The van der Waals surface area contributed by atoms with E-state index >= 15 is 0 Å². The molecule has 3 N–H and O–H groups in total. The van der Waals surface area contributed by atoms with Crippen LogP contribution in [0.3, 0.4) is 0 Å². The summed E-state index contributed by atoms with van der Waals surface area (Å²) in [6, 6.07) is 3.89. The SMILES string of the molecule is Cc1cc(F)ccc1NC(=O)C(=O)NCC1(O)CCCC1. The molecular formula is C15H19FN2O3. The Morgan fingerprint density at radius 3 is 2.57 bits per heavy atom. The molecule has 0 unspecified atom stereocenters. The Hall–Kier alpha value is -1.95. The van der Waals surface area contributed by atoms with Gasteiger partial charge in [0.1, 0.15) is 5.82 Å². The largest absolute Gasteiger partial charge is 0.388 e. The third-order valence-corrected chi connectivity index (χ3v) is 3.76. The summed E-state index contributed by atoms with van der Waals surface area (Å²) in [6.45, 7) is 1.71.